The van der Waals surface area contributed by atoms with E-state index >= 15 is 0 Å². The van der Waals surface area contributed by atoms with E-state index in [-0.39, 0.29) is 17.7 Å². The largest absolute Gasteiger partial charge is 0.465 e. The number of nitro benzene ring substituents is 1. The highest BCUT2D eigenvalue weighted by Crippen LogP contribution is 2.29. The van der Waals surface area contributed by atoms with E-state index in [1.807, 2.05) is 0 Å². The van der Waals surface area contributed by atoms with Gasteiger partial charge in [-0.15, -0.1) is 0 Å². The number of carbonyl (C=O) groups excluding carboxylic acids is 2. The van der Waals surface area contributed by atoms with Crippen LogP contribution in [0.15, 0.2) is 42.5 Å². The predicted molar refractivity (Wildman–Crippen MR) is 91.7 cm³/mol. The minimum absolute atomic E-state index is 0.0345. The number of ether oxygens (including phenoxy) is 1. The Morgan fingerprint density at radius 3 is 2.18 bits per heavy atom. The Labute approximate surface area is 157 Å². The molecule has 0 radical (unpaired) electrons. The lowest BCUT2D eigenvalue weighted by atomic mass is 10.1. The first-order valence-corrected chi connectivity index (χ1v) is 7.82. The topological polar surface area (TPSA) is 89.8 Å². The molecule has 0 spiro atoms. The number of halogens is 3. The molecule has 0 aromatic heterocycles. The molecule has 1 amide bonds. The van der Waals surface area contributed by atoms with Crippen LogP contribution >= 0.6 is 0 Å². The van der Waals surface area contributed by atoms with Gasteiger partial charge in [-0.3, -0.25) is 14.9 Å². The summed E-state index contributed by atoms with van der Waals surface area (Å²) < 4.78 is 42.4. The van der Waals surface area contributed by atoms with Gasteiger partial charge in [-0.1, -0.05) is 12.1 Å². The van der Waals surface area contributed by atoms with Crippen LogP contribution in [0.4, 0.5) is 18.9 Å². The highest BCUT2D eigenvalue weighted by atomic mass is 19.4. The monoisotopic (exact) mass is 396 g/mol. The molecular formula is C18H15F3N2O5. The molecule has 28 heavy (non-hydrogen) atoms. The predicted octanol–water partition coefficient (Wildman–Crippen LogP) is 3.67. The summed E-state index contributed by atoms with van der Waals surface area (Å²) in [5, 5.41) is 11.0. The Morgan fingerprint density at radius 1 is 1.11 bits per heavy atom. The van der Waals surface area contributed by atoms with Crippen molar-refractivity contribution < 1.29 is 32.4 Å². The number of alkyl halides is 3. The van der Waals surface area contributed by atoms with Gasteiger partial charge in [0, 0.05) is 31.3 Å². The molecule has 0 N–H and O–H groups in total. The van der Waals surface area contributed by atoms with Crippen molar-refractivity contribution in [1.82, 2.24) is 4.90 Å². The summed E-state index contributed by atoms with van der Waals surface area (Å²) in [4.78, 5) is 35.7. The standard InChI is InChI=1S/C18H15F3N2O5/c1-22(10-11-3-5-14(6-4-11)18(19,20)21)16(24)12-7-13(17(25)28-2)9-15(8-12)23(26)27/h3-9H,10H2,1-2H3. The van der Waals surface area contributed by atoms with E-state index in [1.165, 1.54) is 24.1 Å². The summed E-state index contributed by atoms with van der Waals surface area (Å²) in [7, 11) is 2.48. The van der Waals surface area contributed by atoms with Gasteiger partial charge in [-0.25, -0.2) is 4.79 Å². The molecule has 2 aromatic rings. The van der Waals surface area contributed by atoms with Crippen molar-refractivity contribution in [3.63, 3.8) is 0 Å². The molecule has 0 heterocycles. The number of nitro groups is 1. The molecule has 0 saturated heterocycles. The van der Waals surface area contributed by atoms with Gasteiger partial charge in [0.15, 0.2) is 0 Å². The van der Waals surface area contributed by atoms with Gasteiger partial charge in [0.25, 0.3) is 11.6 Å². The summed E-state index contributed by atoms with van der Waals surface area (Å²) in [5.41, 5.74) is -1.13. The second kappa shape index (κ2) is 8.07. The summed E-state index contributed by atoms with van der Waals surface area (Å²) >= 11 is 0. The van der Waals surface area contributed by atoms with Crippen LogP contribution in [0.3, 0.4) is 0 Å². The second-order valence-corrected chi connectivity index (χ2v) is 5.87. The fourth-order valence-electron chi connectivity index (χ4n) is 2.44. The summed E-state index contributed by atoms with van der Waals surface area (Å²) in [6.07, 6.45) is -4.46. The SMILES string of the molecule is COC(=O)c1cc(C(=O)N(C)Cc2ccc(C(F)(F)F)cc2)cc([N+](=O)[O-])c1. The van der Waals surface area contributed by atoms with Crippen LogP contribution in [0.25, 0.3) is 0 Å². The number of esters is 1. The van der Waals surface area contributed by atoms with Crippen LogP contribution in [-0.4, -0.2) is 35.9 Å². The molecule has 2 rings (SSSR count). The Morgan fingerprint density at radius 2 is 1.68 bits per heavy atom. The van der Waals surface area contributed by atoms with E-state index < -0.39 is 34.2 Å². The number of carbonyl (C=O) groups is 2. The zero-order valence-electron chi connectivity index (χ0n) is 14.8. The molecule has 0 aliphatic heterocycles. The van der Waals surface area contributed by atoms with Gasteiger partial charge in [0.2, 0.25) is 0 Å². The lowest BCUT2D eigenvalue weighted by molar-refractivity contribution is -0.384. The number of non-ortho nitro benzene ring substituents is 1. The molecule has 0 atom stereocenters. The first-order chi connectivity index (χ1) is 13.0. The Hall–Kier alpha value is -3.43. The molecule has 0 unspecified atom stereocenters. The van der Waals surface area contributed by atoms with Gasteiger partial charge >= 0.3 is 12.1 Å². The number of amides is 1. The highest BCUT2D eigenvalue weighted by molar-refractivity contribution is 5.98. The number of nitrogens with zero attached hydrogens (tertiary/aromatic N) is 2. The minimum atomic E-state index is -4.46. The van der Waals surface area contributed by atoms with Crippen molar-refractivity contribution in [1.29, 1.82) is 0 Å². The van der Waals surface area contributed by atoms with Crippen molar-refractivity contribution in [2.75, 3.05) is 14.2 Å². The fourth-order valence-corrected chi connectivity index (χ4v) is 2.44. The zero-order chi connectivity index (χ0) is 21.1. The molecule has 0 aliphatic carbocycles. The fraction of sp³-hybridized carbons (Fsp3) is 0.222. The molecule has 0 fully saturated rings. The van der Waals surface area contributed by atoms with E-state index in [1.54, 1.807) is 0 Å². The summed E-state index contributed by atoms with van der Waals surface area (Å²) in [6.45, 7) is -0.0345. The lowest BCUT2D eigenvalue weighted by Gasteiger charge is -2.18. The van der Waals surface area contributed by atoms with Gasteiger partial charge in [-0.2, -0.15) is 13.2 Å². The van der Waals surface area contributed by atoms with E-state index in [9.17, 15) is 32.9 Å². The van der Waals surface area contributed by atoms with E-state index in [4.69, 9.17) is 0 Å². The third-order valence-corrected chi connectivity index (χ3v) is 3.84. The van der Waals surface area contributed by atoms with Crippen molar-refractivity contribution in [2.45, 2.75) is 12.7 Å². The van der Waals surface area contributed by atoms with Crippen LogP contribution in [0.2, 0.25) is 0 Å². The molecule has 0 saturated carbocycles. The Kier molecular flexibility index (Phi) is 6.02. The van der Waals surface area contributed by atoms with E-state index in [0.29, 0.717) is 5.56 Å². The van der Waals surface area contributed by atoms with Gasteiger partial charge in [0.05, 0.1) is 23.2 Å². The maximum Gasteiger partial charge on any atom is 0.416 e. The van der Waals surface area contributed by atoms with Crippen molar-refractivity contribution >= 4 is 17.6 Å². The van der Waals surface area contributed by atoms with Crippen LogP contribution in [-0.2, 0) is 17.5 Å². The molecule has 0 bridgehead atoms. The van der Waals surface area contributed by atoms with Crippen LogP contribution in [0.1, 0.15) is 31.8 Å². The van der Waals surface area contributed by atoms with Crippen molar-refractivity contribution in [3.8, 4) is 0 Å². The highest BCUT2D eigenvalue weighted by Gasteiger charge is 2.30. The Balaban J connectivity index is 2.26. The van der Waals surface area contributed by atoms with Crippen molar-refractivity contribution in [2.24, 2.45) is 0 Å². The Bertz CT molecular complexity index is 910. The molecule has 7 nitrogen and oxygen atoms in total. The molecule has 2 aromatic carbocycles. The number of rotatable bonds is 5. The van der Waals surface area contributed by atoms with Gasteiger partial charge < -0.3 is 9.64 Å². The maximum atomic E-state index is 12.6. The van der Waals surface area contributed by atoms with Gasteiger partial charge in [-0.05, 0) is 23.8 Å². The zero-order valence-corrected chi connectivity index (χ0v) is 14.8. The van der Waals surface area contributed by atoms with E-state index in [0.717, 1.165) is 37.4 Å². The third-order valence-electron chi connectivity index (χ3n) is 3.84. The number of hydrogen-bond donors (Lipinski definition) is 0. The smallest absolute Gasteiger partial charge is 0.416 e. The summed E-state index contributed by atoms with van der Waals surface area (Å²) in [5.74, 6) is -1.49. The molecule has 148 valence electrons. The van der Waals surface area contributed by atoms with E-state index in [2.05, 4.69) is 4.74 Å². The third kappa shape index (κ3) is 4.84. The molecule has 0 aliphatic rings. The van der Waals surface area contributed by atoms with Crippen LogP contribution in [0.5, 0.6) is 0 Å². The first-order valence-electron chi connectivity index (χ1n) is 7.82. The lowest BCUT2D eigenvalue weighted by Crippen LogP contribution is -2.26. The number of methoxy groups -OCH3 is 1. The number of benzene rings is 2. The van der Waals surface area contributed by atoms with Gasteiger partial charge in [0.1, 0.15) is 0 Å². The van der Waals surface area contributed by atoms with Crippen LogP contribution < -0.4 is 0 Å². The number of hydrogen-bond acceptors (Lipinski definition) is 5. The van der Waals surface area contributed by atoms with Crippen LogP contribution in [0, 0.1) is 10.1 Å². The normalized spacial score (nSPS) is 11.0. The minimum Gasteiger partial charge on any atom is -0.465 e. The van der Waals surface area contributed by atoms with Crippen molar-refractivity contribution in [3.05, 3.63) is 74.8 Å². The second-order valence-electron chi connectivity index (χ2n) is 5.87. The molecular weight excluding hydrogens is 381 g/mol. The summed E-state index contributed by atoms with van der Waals surface area (Å²) in [6, 6.07) is 7.42. The first kappa shape index (κ1) is 20.9. The maximum absolute atomic E-state index is 12.6. The quantitative estimate of drug-likeness (QED) is 0.437. The average molecular weight is 396 g/mol. The average Bonchev–Trinajstić information content (AvgIpc) is 2.65. The molecule has 10 heteroatoms.